The number of carbonyl (C=O) groups is 1. The second-order valence-corrected chi connectivity index (χ2v) is 4.43. The van der Waals surface area contributed by atoms with Crippen molar-refractivity contribution < 1.29 is 9.90 Å². The number of rotatable bonds is 2. The second kappa shape index (κ2) is 3.75. The number of carbonyl (C=O) groups excluding carboxylic acids is 1. The summed E-state index contributed by atoms with van der Waals surface area (Å²) in [6, 6.07) is 10.9. The van der Waals surface area contributed by atoms with Crippen molar-refractivity contribution in [1.29, 1.82) is 0 Å². The molecule has 1 atom stereocenters. The van der Waals surface area contributed by atoms with E-state index in [1.54, 1.807) is 31.3 Å². The third-order valence-corrected chi connectivity index (χ3v) is 3.49. The molecule has 1 heterocycles. The monoisotopic (exact) mass is 239 g/mol. The Morgan fingerprint density at radius 3 is 2.72 bits per heavy atom. The molecule has 0 saturated carbocycles. The van der Waals surface area contributed by atoms with Crippen LogP contribution in [0.25, 0.3) is 11.3 Å². The molecule has 18 heavy (non-hydrogen) atoms. The Morgan fingerprint density at radius 1 is 1.22 bits per heavy atom. The van der Waals surface area contributed by atoms with Crippen LogP contribution < -0.4 is 0 Å². The summed E-state index contributed by atoms with van der Waals surface area (Å²) in [5.41, 5.74) is 1.26. The third kappa shape index (κ3) is 1.22. The first-order valence-electron chi connectivity index (χ1n) is 6.00. The summed E-state index contributed by atoms with van der Waals surface area (Å²) in [6.45, 7) is 1.76. The van der Waals surface area contributed by atoms with Gasteiger partial charge in [-0.05, 0) is 6.07 Å². The predicted octanol–water partition coefficient (Wildman–Crippen LogP) is 2.28. The molecule has 0 saturated heterocycles. The summed E-state index contributed by atoms with van der Waals surface area (Å²) < 4.78 is 0. The number of aliphatic hydroxyl groups is 1. The van der Waals surface area contributed by atoms with Crippen molar-refractivity contribution in [3.8, 4) is 11.3 Å². The van der Waals surface area contributed by atoms with Gasteiger partial charge < -0.3 is 5.11 Å². The molecule has 0 fully saturated rings. The zero-order valence-electron chi connectivity index (χ0n) is 10.1. The molecule has 0 bridgehead atoms. The zero-order valence-corrected chi connectivity index (χ0v) is 10.1. The highest BCUT2D eigenvalue weighted by Crippen LogP contribution is 2.46. The molecule has 1 unspecified atom stereocenters. The van der Waals surface area contributed by atoms with Gasteiger partial charge >= 0.3 is 0 Å². The Labute approximate surface area is 105 Å². The number of ketones is 1. The van der Waals surface area contributed by atoms with Crippen LogP contribution in [-0.4, -0.2) is 15.9 Å². The van der Waals surface area contributed by atoms with Gasteiger partial charge in [0.05, 0.1) is 5.69 Å². The van der Waals surface area contributed by atoms with E-state index >= 15 is 0 Å². The van der Waals surface area contributed by atoms with Crippen molar-refractivity contribution in [2.75, 3.05) is 0 Å². The smallest absolute Gasteiger partial charge is 0.176 e. The summed E-state index contributed by atoms with van der Waals surface area (Å²) >= 11 is 0. The fourth-order valence-corrected chi connectivity index (χ4v) is 2.62. The first kappa shape index (κ1) is 11.1. The number of fused-ring (bicyclic) bond motifs is 3. The minimum absolute atomic E-state index is 0.193. The largest absolute Gasteiger partial charge is 0.373 e. The number of benzene rings is 1. The number of nitrogens with zero attached hydrogens (tertiary/aromatic N) is 1. The standard InChI is InChI=1S/C15H13NO2/c1-2-13(17)15(18)11-7-4-3-6-10(11)14-12(15)8-5-9-16-14/h3-9,18H,2H2,1H3. The molecule has 1 aliphatic rings. The first-order chi connectivity index (χ1) is 8.69. The molecule has 0 spiro atoms. The van der Waals surface area contributed by atoms with E-state index in [0.717, 1.165) is 5.56 Å². The summed E-state index contributed by atoms with van der Waals surface area (Å²) in [7, 11) is 0. The Hall–Kier alpha value is -2.00. The molecule has 3 rings (SSSR count). The first-order valence-corrected chi connectivity index (χ1v) is 6.00. The van der Waals surface area contributed by atoms with E-state index < -0.39 is 5.60 Å². The Bertz CT molecular complexity index is 588. The van der Waals surface area contributed by atoms with Crippen LogP contribution in [0.3, 0.4) is 0 Å². The molecule has 2 aromatic rings. The highest BCUT2D eigenvalue weighted by Gasteiger charge is 2.46. The van der Waals surface area contributed by atoms with Crippen molar-refractivity contribution in [1.82, 2.24) is 4.98 Å². The maximum atomic E-state index is 12.2. The lowest BCUT2D eigenvalue weighted by Crippen LogP contribution is -2.34. The lowest BCUT2D eigenvalue weighted by atomic mass is 9.86. The Morgan fingerprint density at radius 2 is 1.94 bits per heavy atom. The average molecular weight is 239 g/mol. The highest BCUT2D eigenvalue weighted by molar-refractivity contribution is 5.98. The molecular formula is C15H13NO2. The fraction of sp³-hybridized carbons (Fsp3) is 0.200. The molecule has 90 valence electrons. The maximum Gasteiger partial charge on any atom is 0.176 e. The topological polar surface area (TPSA) is 50.2 Å². The van der Waals surface area contributed by atoms with Gasteiger partial charge in [0.2, 0.25) is 0 Å². The van der Waals surface area contributed by atoms with Crippen molar-refractivity contribution in [2.24, 2.45) is 0 Å². The highest BCUT2D eigenvalue weighted by atomic mass is 16.3. The molecule has 0 aliphatic heterocycles. The van der Waals surface area contributed by atoms with Gasteiger partial charge in [0.1, 0.15) is 0 Å². The molecule has 1 N–H and O–H groups in total. The van der Waals surface area contributed by atoms with Crippen LogP contribution in [0.1, 0.15) is 24.5 Å². The van der Waals surface area contributed by atoms with Gasteiger partial charge in [-0.1, -0.05) is 37.3 Å². The number of aromatic nitrogens is 1. The lowest BCUT2D eigenvalue weighted by molar-refractivity contribution is -0.133. The molecular weight excluding hydrogens is 226 g/mol. The number of pyridine rings is 1. The van der Waals surface area contributed by atoms with E-state index in [1.807, 2.05) is 18.2 Å². The van der Waals surface area contributed by atoms with Crippen LogP contribution in [0.2, 0.25) is 0 Å². The van der Waals surface area contributed by atoms with Gasteiger partial charge in [-0.25, -0.2) is 0 Å². The molecule has 0 radical (unpaired) electrons. The summed E-state index contributed by atoms with van der Waals surface area (Å²) in [6.07, 6.45) is 1.97. The van der Waals surface area contributed by atoms with Crippen LogP contribution in [0.4, 0.5) is 0 Å². The Kier molecular flexibility index (Phi) is 2.31. The van der Waals surface area contributed by atoms with Gasteiger partial charge in [0, 0.05) is 29.3 Å². The lowest BCUT2D eigenvalue weighted by Gasteiger charge is -2.23. The minimum atomic E-state index is -1.53. The summed E-state index contributed by atoms with van der Waals surface area (Å²) in [4.78, 5) is 16.5. The van der Waals surface area contributed by atoms with E-state index in [0.29, 0.717) is 23.2 Å². The van der Waals surface area contributed by atoms with E-state index in [1.165, 1.54) is 0 Å². The minimum Gasteiger partial charge on any atom is -0.373 e. The Balaban J connectivity index is 2.37. The van der Waals surface area contributed by atoms with E-state index in [2.05, 4.69) is 4.98 Å². The van der Waals surface area contributed by atoms with Gasteiger partial charge in [-0.15, -0.1) is 0 Å². The normalized spacial score (nSPS) is 20.3. The van der Waals surface area contributed by atoms with Crippen LogP contribution in [0.15, 0.2) is 42.6 Å². The van der Waals surface area contributed by atoms with Gasteiger partial charge in [0.15, 0.2) is 11.4 Å². The number of hydrogen-bond donors (Lipinski definition) is 1. The van der Waals surface area contributed by atoms with Crippen molar-refractivity contribution >= 4 is 5.78 Å². The quantitative estimate of drug-likeness (QED) is 0.874. The van der Waals surface area contributed by atoms with Gasteiger partial charge in [-0.3, -0.25) is 9.78 Å². The molecule has 1 aliphatic carbocycles. The summed E-state index contributed by atoms with van der Waals surface area (Å²) in [5.74, 6) is -0.193. The van der Waals surface area contributed by atoms with E-state index in [9.17, 15) is 9.90 Å². The summed E-state index contributed by atoms with van der Waals surface area (Å²) in [5, 5.41) is 10.9. The van der Waals surface area contributed by atoms with Crippen molar-refractivity contribution in [2.45, 2.75) is 18.9 Å². The van der Waals surface area contributed by atoms with Crippen LogP contribution in [0.5, 0.6) is 0 Å². The van der Waals surface area contributed by atoms with Crippen LogP contribution >= 0.6 is 0 Å². The SMILES string of the molecule is CCC(=O)C1(O)c2ccccc2-c2ncccc21. The second-order valence-electron chi connectivity index (χ2n) is 4.43. The van der Waals surface area contributed by atoms with Gasteiger partial charge in [-0.2, -0.15) is 0 Å². The van der Waals surface area contributed by atoms with E-state index in [-0.39, 0.29) is 5.78 Å². The van der Waals surface area contributed by atoms with E-state index in [4.69, 9.17) is 0 Å². The molecule has 1 aromatic heterocycles. The molecule has 3 nitrogen and oxygen atoms in total. The maximum absolute atomic E-state index is 12.2. The van der Waals surface area contributed by atoms with Gasteiger partial charge in [0.25, 0.3) is 0 Å². The average Bonchev–Trinajstić information content (AvgIpc) is 2.70. The zero-order chi connectivity index (χ0) is 12.8. The molecule has 3 heteroatoms. The number of Topliss-reactive ketones (excluding diaryl/α,β-unsaturated/α-hetero) is 1. The van der Waals surface area contributed by atoms with Crippen molar-refractivity contribution in [3.05, 3.63) is 53.7 Å². The predicted molar refractivity (Wildman–Crippen MR) is 68.0 cm³/mol. The number of hydrogen-bond acceptors (Lipinski definition) is 3. The molecule has 0 amide bonds. The fourth-order valence-electron chi connectivity index (χ4n) is 2.62. The van der Waals surface area contributed by atoms with Crippen LogP contribution in [-0.2, 0) is 10.4 Å². The van der Waals surface area contributed by atoms with Crippen molar-refractivity contribution in [3.63, 3.8) is 0 Å². The third-order valence-electron chi connectivity index (χ3n) is 3.49. The van der Waals surface area contributed by atoms with Crippen LogP contribution in [0, 0.1) is 0 Å². The molecule has 1 aromatic carbocycles.